The van der Waals surface area contributed by atoms with Gasteiger partial charge in [0.1, 0.15) is 17.4 Å². The van der Waals surface area contributed by atoms with Gasteiger partial charge in [0, 0.05) is 43.4 Å². The van der Waals surface area contributed by atoms with E-state index in [0.717, 1.165) is 5.56 Å². The van der Waals surface area contributed by atoms with Crippen LogP contribution in [-0.2, 0) is 20.3 Å². The van der Waals surface area contributed by atoms with E-state index in [1.807, 2.05) is 13.0 Å². The lowest BCUT2D eigenvalue weighted by Gasteiger charge is -2.21. The molecule has 0 saturated carbocycles. The number of pyridine rings is 1. The maximum Gasteiger partial charge on any atom is 0.165 e. The molecule has 0 spiro atoms. The van der Waals surface area contributed by atoms with Crippen LogP contribution < -0.4 is 0 Å². The molecular formula is C20H25ClN6O3S. The first-order chi connectivity index (χ1) is 14.7. The number of ether oxygens (including phenoxy) is 1. The van der Waals surface area contributed by atoms with Crippen LogP contribution in [0.5, 0.6) is 0 Å². The SMILES string of the molecule is COC[C@H](C)n1c(CS(=O)(=O)[C@@H](C)[C@H](C)c2ncc(Cl)cn2)nnc1-c1cccnc1. The quantitative estimate of drug-likeness (QED) is 0.474. The summed E-state index contributed by atoms with van der Waals surface area (Å²) in [5.41, 5.74) is 0.748. The average molecular weight is 465 g/mol. The first kappa shape index (κ1) is 23.2. The van der Waals surface area contributed by atoms with Gasteiger partial charge in [-0.25, -0.2) is 18.4 Å². The van der Waals surface area contributed by atoms with Crippen molar-refractivity contribution in [3.8, 4) is 11.4 Å². The molecule has 0 N–H and O–H groups in total. The number of halogens is 1. The molecule has 3 aromatic rings. The molecule has 0 aliphatic heterocycles. The summed E-state index contributed by atoms with van der Waals surface area (Å²) in [6, 6.07) is 3.47. The van der Waals surface area contributed by atoms with Gasteiger partial charge < -0.3 is 9.30 Å². The van der Waals surface area contributed by atoms with Gasteiger partial charge >= 0.3 is 0 Å². The van der Waals surface area contributed by atoms with Crippen molar-refractivity contribution in [1.82, 2.24) is 29.7 Å². The molecule has 0 saturated heterocycles. The molecule has 0 unspecified atom stereocenters. The van der Waals surface area contributed by atoms with Crippen LogP contribution in [0.2, 0.25) is 5.02 Å². The summed E-state index contributed by atoms with van der Waals surface area (Å²) in [6.45, 7) is 5.74. The van der Waals surface area contributed by atoms with Crippen molar-refractivity contribution >= 4 is 21.4 Å². The van der Waals surface area contributed by atoms with Gasteiger partial charge in [0.25, 0.3) is 0 Å². The lowest BCUT2D eigenvalue weighted by Crippen LogP contribution is -2.28. The zero-order chi connectivity index (χ0) is 22.6. The molecule has 3 heterocycles. The number of nitrogens with zero attached hydrogens (tertiary/aromatic N) is 6. The van der Waals surface area contributed by atoms with Gasteiger partial charge in [0.2, 0.25) is 0 Å². The summed E-state index contributed by atoms with van der Waals surface area (Å²) in [5, 5.41) is 8.13. The predicted octanol–water partition coefficient (Wildman–Crippen LogP) is 3.10. The van der Waals surface area contributed by atoms with Crippen LogP contribution in [-0.4, -0.2) is 57.1 Å². The highest BCUT2D eigenvalue weighted by Crippen LogP contribution is 2.27. The summed E-state index contributed by atoms with van der Waals surface area (Å²) in [6.07, 6.45) is 6.25. The molecule has 0 aromatic carbocycles. The molecule has 3 aromatic heterocycles. The van der Waals surface area contributed by atoms with Crippen LogP contribution in [0.1, 0.15) is 44.4 Å². The van der Waals surface area contributed by atoms with Crippen LogP contribution in [0.3, 0.4) is 0 Å². The van der Waals surface area contributed by atoms with Gasteiger partial charge in [-0.1, -0.05) is 18.5 Å². The van der Waals surface area contributed by atoms with Crippen molar-refractivity contribution in [2.24, 2.45) is 0 Å². The van der Waals surface area contributed by atoms with Gasteiger partial charge in [-0.05, 0) is 26.0 Å². The van der Waals surface area contributed by atoms with Crippen molar-refractivity contribution in [3.05, 3.63) is 53.6 Å². The van der Waals surface area contributed by atoms with E-state index in [1.54, 1.807) is 44.0 Å². The molecule has 3 rings (SSSR count). The summed E-state index contributed by atoms with van der Waals surface area (Å²) in [4.78, 5) is 12.5. The Labute approximate surface area is 186 Å². The molecule has 0 fully saturated rings. The lowest BCUT2D eigenvalue weighted by atomic mass is 10.1. The number of aromatic nitrogens is 6. The minimum atomic E-state index is -3.60. The standard InChI is InChI=1S/C20H25ClN6O3S/c1-13(11-30-4)27-18(25-26-20(27)16-6-5-7-22-8-16)12-31(28,29)15(3)14(2)19-23-9-17(21)10-24-19/h5-10,13-15H,11-12H2,1-4H3/t13-,14-,15-/m0/s1. The van der Waals surface area contributed by atoms with E-state index in [1.165, 1.54) is 12.4 Å². The molecule has 11 heteroatoms. The molecule has 0 amide bonds. The number of hydrogen-bond acceptors (Lipinski definition) is 8. The molecule has 0 aliphatic rings. The second-order valence-electron chi connectivity index (χ2n) is 7.42. The topological polar surface area (TPSA) is 113 Å². The van der Waals surface area contributed by atoms with Crippen LogP contribution in [0.15, 0.2) is 36.9 Å². The second-order valence-corrected chi connectivity index (χ2v) is 10.2. The molecule has 166 valence electrons. The Morgan fingerprint density at radius 1 is 1.13 bits per heavy atom. The minimum Gasteiger partial charge on any atom is -0.383 e. The molecule has 0 aliphatic carbocycles. The lowest BCUT2D eigenvalue weighted by molar-refractivity contribution is 0.161. The molecular weight excluding hydrogens is 440 g/mol. The molecule has 3 atom stereocenters. The minimum absolute atomic E-state index is 0.173. The Morgan fingerprint density at radius 2 is 1.84 bits per heavy atom. The Balaban J connectivity index is 1.93. The van der Waals surface area contributed by atoms with E-state index in [2.05, 4.69) is 25.1 Å². The van der Waals surface area contributed by atoms with E-state index in [-0.39, 0.29) is 11.8 Å². The maximum atomic E-state index is 13.3. The van der Waals surface area contributed by atoms with E-state index in [0.29, 0.717) is 29.1 Å². The fourth-order valence-corrected chi connectivity index (χ4v) is 4.94. The maximum absolute atomic E-state index is 13.3. The highest BCUT2D eigenvalue weighted by molar-refractivity contribution is 7.91. The molecule has 0 radical (unpaired) electrons. The van der Waals surface area contributed by atoms with E-state index in [4.69, 9.17) is 16.3 Å². The number of hydrogen-bond donors (Lipinski definition) is 0. The van der Waals surface area contributed by atoms with Crippen molar-refractivity contribution in [1.29, 1.82) is 0 Å². The third-order valence-corrected chi connectivity index (χ3v) is 7.58. The van der Waals surface area contributed by atoms with Crippen LogP contribution in [0.4, 0.5) is 0 Å². The fraction of sp³-hybridized carbons (Fsp3) is 0.450. The Kier molecular flexibility index (Phi) is 7.34. The summed E-state index contributed by atoms with van der Waals surface area (Å²) < 4.78 is 33.6. The fourth-order valence-electron chi connectivity index (χ4n) is 3.28. The van der Waals surface area contributed by atoms with E-state index < -0.39 is 21.0 Å². The van der Waals surface area contributed by atoms with Crippen molar-refractivity contribution in [2.75, 3.05) is 13.7 Å². The average Bonchev–Trinajstić information content (AvgIpc) is 3.17. The Hall–Kier alpha value is -2.43. The third kappa shape index (κ3) is 5.25. The summed E-state index contributed by atoms with van der Waals surface area (Å²) in [5.74, 6) is 0.621. The van der Waals surface area contributed by atoms with E-state index in [9.17, 15) is 8.42 Å². The molecule has 31 heavy (non-hydrogen) atoms. The van der Waals surface area contributed by atoms with Gasteiger partial charge in [-0.2, -0.15) is 0 Å². The summed E-state index contributed by atoms with van der Waals surface area (Å²) >= 11 is 5.84. The normalized spacial score (nSPS) is 14.9. The number of sulfone groups is 1. The van der Waals surface area contributed by atoms with Gasteiger partial charge in [0.05, 0.1) is 22.9 Å². The number of rotatable bonds is 9. The van der Waals surface area contributed by atoms with Gasteiger partial charge in [-0.15, -0.1) is 10.2 Å². The molecule has 0 bridgehead atoms. The van der Waals surface area contributed by atoms with Crippen LogP contribution >= 0.6 is 11.6 Å². The van der Waals surface area contributed by atoms with Gasteiger partial charge in [-0.3, -0.25) is 4.98 Å². The largest absolute Gasteiger partial charge is 0.383 e. The van der Waals surface area contributed by atoms with Gasteiger partial charge in [0.15, 0.2) is 15.7 Å². The highest BCUT2D eigenvalue weighted by Gasteiger charge is 2.32. The van der Waals surface area contributed by atoms with Crippen LogP contribution in [0, 0.1) is 0 Å². The first-order valence-corrected chi connectivity index (χ1v) is 11.9. The summed E-state index contributed by atoms with van der Waals surface area (Å²) in [7, 11) is -2.01. The third-order valence-electron chi connectivity index (χ3n) is 5.18. The Morgan fingerprint density at radius 3 is 2.45 bits per heavy atom. The zero-order valence-corrected chi connectivity index (χ0v) is 19.4. The van der Waals surface area contributed by atoms with Crippen molar-refractivity contribution < 1.29 is 13.2 Å². The number of methoxy groups -OCH3 is 1. The predicted molar refractivity (Wildman–Crippen MR) is 117 cm³/mol. The van der Waals surface area contributed by atoms with Crippen LogP contribution in [0.25, 0.3) is 11.4 Å². The zero-order valence-electron chi connectivity index (χ0n) is 17.8. The second kappa shape index (κ2) is 9.80. The van der Waals surface area contributed by atoms with Crippen molar-refractivity contribution in [2.45, 2.75) is 43.7 Å². The monoisotopic (exact) mass is 464 g/mol. The molecule has 9 nitrogen and oxygen atoms in total. The Bertz CT molecular complexity index is 1110. The smallest absolute Gasteiger partial charge is 0.165 e. The highest BCUT2D eigenvalue weighted by atomic mass is 35.5. The first-order valence-electron chi connectivity index (χ1n) is 9.76. The van der Waals surface area contributed by atoms with E-state index >= 15 is 0 Å². The van der Waals surface area contributed by atoms with Crippen molar-refractivity contribution in [3.63, 3.8) is 0 Å².